The third-order valence-corrected chi connectivity index (χ3v) is 3.26. The Morgan fingerprint density at radius 2 is 2.00 bits per heavy atom. The average molecular weight is 275 g/mol. The molecule has 2 aromatic heterocycles. The van der Waals surface area contributed by atoms with Crippen LogP contribution in [0, 0.1) is 19.3 Å². The van der Waals surface area contributed by atoms with Gasteiger partial charge in [-0.25, -0.2) is 0 Å². The highest BCUT2D eigenvalue weighted by Crippen LogP contribution is 2.23. The number of aliphatic hydroxyl groups is 1. The van der Waals surface area contributed by atoms with E-state index in [1.54, 1.807) is 6.20 Å². The highest BCUT2D eigenvalue weighted by Gasteiger charge is 2.25. The molecule has 0 fully saturated rings. The minimum Gasteiger partial charge on any atom is -0.392 e. The lowest BCUT2D eigenvalue weighted by Gasteiger charge is -2.24. The first kappa shape index (κ1) is 14.7. The molecular weight excluding hydrogens is 254 g/mol. The van der Waals surface area contributed by atoms with Crippen LogP contribution in [0.5, 0.6) is 0 Å². The maximum atomic E-state index is 10.1. The third kappa shape index (κ3) is 3.22. The quantitative estimate of drug-likeness (QED) is 0.932. The molecule has 2 heterocycles. The van der Waals surface area contributed by atoms with Crippen LogP contribution >= 0.6 is 0 Å². The first-order valence-corrected chi connectivity index (χ1v) is 6.71. The molecule has 0 aliphatic carbocycles. The first-order valence-electron chi connectivity index (χ1n) is 6.71. The Morgan fingerprint density at radius 1 is 1.30 bits per heavy atom. The lowest BCUT2D eigenvalue weighted by molar-refractivity contribution is 0.0565. The van der Waals surface area contributed by atoms with Gasteiger partial charge in [0, 0.05) is 6.20 Å². The van der Waals surface area contributed by atoms with Crippen LogP contribution in [0.1, 0.15) is 37.8 Å². The molecule has 0 spiro atoms. The Labute approximate surface area is 119 Å². The largest absolute Gasteiger partial charge is 0.392 e. The lowest BCUT2D eigenvalue weighted by atomic mass is 9.87. The van der Waals surface area contributed by atoms with E-state index in [9.17, 15) is 5.11 Å². The van der Waals surface area contributed by atoms with Crippen LogP contribution in [0.2, 0.25) is 0 Å². The van der Waals surface area contributed by atoms with E-state index in [4.69, 9.17) is 4.52 Å². The van der Waals surface area contributed by atoms with Crippen molar-refractivity contribution in [3.05, 3.63) is 29.3 Å². The van der Waals surface area contributed by atoms with Gasteiger partial charge in [0.2, 0.25) is 11.7 Å². The molecule has 2 aromatic rings. The smallest absolute Gasteiger partial charge is 0.229 e. The van der Waals surface area contributed by atoms with Gasteiger partial charge in [0.15, 0.2) is 0 Å². The summed E-state index contributed by atoms with van der Waals surface area (Å²) in [5.41, 5.74) is 2.61. The predicted molar refractivity (Wildman–Crippen MR) is 76.2 cm³/mol. The van der Waals surface area contributed by atoms with Crippen molar-refractivity contribution in [1.29, 1.82) is 0 Å². The van der Waals surface area contributed by atoms with E-state index in [0.717, 1.165) is 16.8 Å². The molecule has 0 saturated carbocycles. The highest BCUT2D eigenvalue weighted by atomic mass is 16.5. The zero-order chi connectivity index (χ0) is 14.9. The number of nitrogens with zero attached hydrogens (tertiary/aromatic N) is 3. The summed E-state index contributed by atoms with van der Waals surface area (Å²) >= 11 is 0. The summed E-state index contributed by atoms with van der Waals surface area (Å²) in [5, 5.41) is 14.0. The van der Waals surface area contributed by atoms with Crippen LogP contribution in [0.4, 0.5) is 0 Å². The minimum absolute atomic E-state index is 0.216. The number of aliphatic hydroxyl groups excluding tert-OH is 1. The van der Waals surface area contributed by atoms with Crippen molar-refractivity contribution >= 4 is 0 Å². The SMILES string of the molecule is Cc1cnc(-c2noc(CC(O)C(C)(C)C)n2)c(C)c1. The molecule has 2 rings (SSSR count). The van der Waals surface area contributed by atoms with Gasteiger partial charge in [-0.05, 0) is 30.4 Å². The van der Waals surface area contributed by atoms with Crippen LogP contribution in [0.15, 0.2) is 16.8 Å². The molecule has 5 heteroatoms. The van der Waals surface area contributed by atoms with Gasteiger partial charge in [0.1, 0.15) is 5.69 Å². The lowest BCUT2D eigenvalue weighted by Crippen LogP contribution is -2.28. The van der Waals surface area contributed by atoms with Gasteiger partial charge < -0.3 is 9.63 Å². The average Bonchev–Trinajstić information content (AvgIpc) is 2.76. The van der Waals surface area contributed by atoms with Crippen molar-refractivity contribution < 1.29 is 9.63 Å². The summed E-state index contributed by atoms with van der Waals surface area (Å²) < 4.78 is 5.21. The van der Waals surface area contributed by atoms with Crippen LogP contribution in [0.25, 0.3) is 11.5 Å². The molecule has 1 N–H and O–H groups in total. The van der Waals surface area contributed by atoms with E-state index in [2.05, 4.69) is 15.1 Å². The summed E-state index contributed by atoms with van der Waals surface area (Å²) in [5.74, 6) is 0.905. The first-order chi connectivity index (χ1) is 9.27. The van der Waals surface area contributed by atoms with Gasteiger partial charge >= 0.3 is 0 Å². The fourth-order valence-electron chi connectivity index (χ4n) is 1.85. The molecule has 0 saturated heterocycles. The topological polar surface area (TPSA) is 72.0 Å². The number of hydrogen-bond acceptors (Lipinski definition) is 5. The van der Waals surface area contributed by atoms with Crippen molar-refractivity contribution in [2.24, 2.45) is 5.41 Å². The van der Waals surface area contributed by atoms with Crippen molar-refractivity contribution in [3.8, 4) is 11.5 Å². The van der Waals surface area contributed by atoms with E-state index in [0.29, 0.717) is 18.1 Å². The van der Waals surface area contributed by atoms with Crippen LogP contribution < -0.4 is 0 Å². The van der Waals surface area contributed by atoms with Crippen molar-refractivity contribution in [3.63, 3.8) is 0 Å². The molecule has 0 bridgehead atoms. The molecule has 20 heavy (non-hydrogen) atoms. The van der Waals surface area contributed by atoms with Crippen LogP contribution in [-0.4, -0.2) is 26.3 Å². The maximum absolute atomic E-state index is 10.1. The Kier molecular flexibility index (Phi) is 3.90. The number of pyridine rings is 1. The number of hydrogen-bond donors (Lipinski definition) is 1. The fourth-order valence-corrected chi connectivity index (χ4v) is 1.85. The molecule has 0 aliphatic heterocycles. The van der Waals surface area contributed by atoms with Crippen LogP contribution in [-0.2, 0) is 6.42 Å². The van der Waals surface area contributed by atoms with Gasteiger partial charge in [0.05, 0.1) is 12.5 Å². The standard InChI is InChI=1S/C15H21N3O2/c1-9-6-10(2)13(16-8-9)14-17-12(20-18-14)7-11(19)15(3,4)5/h6,8,11,19H,7H2,1-5H3. The van der Waals surface area contributed by atoms with Crippen molar-refractivity contribution in [2.75, 3.05) is 0 Å². The minimum atomic E-state index is -0.525. The molecule has 5 nitrogen and oxygen atoms in total. The molecule has 108 valence electrons. The summed E-state index contributed by atoms with van der Waals surface area (Å²) in [6.45, 7) is 9.88. The highest BCUT2D eigenvalue weighted by molar-refractivity contribution is 5.53. The van der Waals surface area contributed by atoms with E-state index in [-0.39, 0.29) is 5.41 Å². The molecule has 0 amide bonds. The second-order valence-electron chi connectivity index (χ2n) is 6.28. The molecule has 1 atom stereocenters. The Morgan fingerprint density at radius 3 is 2.60 bits per heavy atom. The molecule has 1 unspecified atom stereocenters. The van der Waals surface area contributed by atoms with Gasteiger partial charge in [-0.3, -0.25) is 4.98 Å². The third-order valence-electron chi connectivity index (χ3n) is 3.26. The van der Waals surface area contributed by atoms with Gasteiger partial charge in [-0.15, -0.1) is 0 Å². The molecule has 0 aliphatic rings. The van der Waals surface area contributed by atoms with Gasteiger partial charge in [-0.1, -0.05) is 32.0 Å². The fraction of sp³-hybridized carbons (Fsp3) is 0.533. The van der Waals surface area contributed by atoms with Gasteiger partial charge in [0.25, 0.3) is 0 Å². The second kappa shape index (κ2) is 5.32. The second-order valence-corrected chi connectivity index (χ2v) is 6.28. The Hall–Kier alpha value is -1.75. The summed E-state index contributed by atoms with van der Waals surface area (Å²) in [4.78, 5) is 8.67. The van der Waals surface area contributed by atoms with E-state index >= 15 is 0 Å². The number of aryl methyl sites for hydroxylation is 2. The number of aromatic nitrogens is 3. The molecular formula is C15H21N3O2. The zero-order valence-electron chi connectivity index (χ0n) is 12.6. The molecule has 0 radical (unpaired) electrons. The van der Waals surface area contributed by atoms with Crippen LogP contribution in [0.3, 0.4) is 0 Å². The van der Waals surface area contributed by atoms with E-state index in [1.807, 2.05) is 40.7 Å². The zero-order valence-corrected chi connectivity index (χ0v) is 12.6. The monoisotopic (exact) mass is 275 g/mol. The van der Waals surface area contributed by atoms with Crippen molar-refractivity contribution in [2.45, 2.75) is 47.1 Å². The predicted octanol–water partition coefficient (Wildman–Crippen LogP) is 2.70. The van der Waals surface area contributed by atoms with Gasteiger partial charge in [-0.2, -0.15) is 4.98 Å². The summed E-state index contributed by atoms with van der Waals surface area (Å²) in [7, 11) is 0. The van der Waals surface area contributed by atoms with E-state index < -0.39 is 6.10 Å². The van der Waals surface area contributed by atoms with Crippen molar-refractivity contribution in [1.82, 2.24) is 15.1 Å². The number of rotatable bonds is 3. The molecule has 0 aromatic carbocycles. The van der Waals surface area contributed by atoms with E-state index in [1.165, 1.54) is 0 Å². The normalized spacial score (nSPS) is 13.5. The Balaban J connectivity index is 2.21. The summed E-state index contributed by atoms with van der Waals surface area (Å²) in [6.07, 6.45) is 1.60. The Bertz CT molecular complexity index is 599. The maximum Gasteiger partial charge on any atom is 0.229 e. The summed E-state index contributed by atoms with van der Waals surface area (Å²) in [6, 6.07) is 2.03.